The summed E-state index contributed by atoms with van der Waals surface area (Å²) in [5.74, 6) is 0.417. The Morgan fingerprint density at radius 2 is 2.14 bits per heavy atom. The van der Waals surface area contributed by atoms with Crippen molar-refractivity contribution >= 4 is 10.2 Å². The molecule has 2 rings (SSSR count). The van der Waals surface area contributed by atoms with E-state index < -0.39 is 10.2 Å². The summed E-state index contributed by atoms with van der Waals surface area (Å²) in [6.45, 7) is 5.82. The first-order chi connectivity index (χ1) is 10.1. The largest absolute Gasteiger partial charge is 0.377 e. The molecule has 0 aromatic carbocycles. The maximum atomic E-state index is 12.8. The lowest BCUT2D eigenvalue weighted by molar-refractivity contribution is 0.0924. The predicted molar refractivity (Wildman–Crippen MR) is 83.4 cm³/mol. The van der Waals surface area contributed by atoms with Crippen molar-refractivity contribution in [1.82, 2.24) is 13.9 Å². The van der Waals surface area contributed by atoms with Crippen molar-refractivity contribution in [2.45, 2.75) is 38.7 Å². The topological polar surface area (TPSA) is 61.9 Å². The molecule has 2 aliphatic heterocycles. The van der Waals surface area contributed by atoms with Crippen molar-refractivity contribution in [3.05, 3.63) is 0 Å². The highest BCUT2D eigenvalue weighted by Gasteiger charge is 2.34. The van der Waals surface area contributed by atoms with Crippen LogP contribution >= 0.6 is 0 Å². The molecule has 2 aliphatic rings. The molecule has 0 bridgehead atoms. The van der Waals surface area contributed by atoms with Gasteiger partial charge in [-0.25, -0.2) is 0 Å². The Labute approximate surface area is 129 Å². The van der Waals surface area contributed by atoms with Gasteiger partial charge in [0.1, 0.15) is 0 Å². The van der Waals surface area contributed by atoms with Crippen molar-refractivity contribution in [3.63, 3.8) is 0 Å². The second kappa shape index (κ2) is 7.87. The van der Waals surface area contributed by atoms with E-state index in [2.05, 4.69) is 5.32 Å². The van der Waals surface area contributed by atoms with E-state index in [9.17, 15) is 8.42 Å². The average Bonchev–Trinajstić information content (AvgIpc) is 2.98. The van der Waals surface area contributed by atoms with Crippen LogP contribution in [0, 0.1) is 5.92 Å². The van der Waals surface area contributed by atoms with Gasteiger partial charge in [-0.15, -0.1) is 0 Å². The van der Waals surface area contributed by atoms with Gasteiger partial charge < -0.3 is 10.1 Å². The smallest absolute Gasteiger partial charge is 0.282 e. The van der Waals surface area contributed by atoms with E-state index in [1.165, 1.54) is 0 Å². The molecular formula is C14H29N3O3S. The number of piperidine rings is 1. The summed E-state index contributed by atoms with van der Waals surface area (Å²) in [4.78, 5) is 0. The Hall–Kier alpha value is -0.210. The third kappa shape index (κ3) is 4.39. The molecule has 0 aliphatic carbocycles. The molecule has 1 N–H and O–H groups in total. The van der Waals surface area contributed by atoms with Crippen LogP contribution in [0.2, 0.25) is 0 Å². The van der Waals surface area contributed by atoms with Crippen molar-refractivity contribution < 1.29 is 13.2 Å². The fourth-order valence-electron chi connectivity index (χ4n) is 3.26. The Morgan fingerprint density at radius 3 is 2.76 bits per heavy atom. The number of nitrogens with one attached hydrogen (secondary N) is 1. The first-order valence-electron chi connectivity index (χ1n) is 8.09. The summed E-state index contributed by atoms with van der Waals surface area (Å²) in [5, 5.41) is 3.16. The molecule has 2 atom stereocenters. The highest BCUT2D eigenvalue weighted by molar-refractivity contribution is 7.86. The van der Waals surface area contributed by atoms with Crippen LogP contribution in [0.25, 0.3) is 0 Å². The molecule has 7 heteroatoms. The molecular weight excluding hydrogens is 290 g/mol. The van der Waals surface area contributed by atoms with Crippen LogP contribution in [0.15, 0.2) is 0 Å². The van der Waals surface area contributed by atoms with Crippen LogP contribution in [0.4, 0.5) is 0 Å². The van der Waals surface area contributed by atoms with Crippen molar-refractivity contribution in [1.29, 1.82) is 0 Å². The fraction of sp³-hybridized carbons (Fsp3) is 1.00. The van der Waals surface area contributed by atoms with Gasteiger partial charge in [0.15, 0.2) is 0 Å². The van der Waals surface area contributed by atoms with Gasteiger partial charge in [0.05, 0.1) is 6.10 Å². The summed E-state index contributed by atoms with van der Waals surface area (Å²) in [5.41, 5.74) is 0. The quantitative estimate of drug-likeness (QED) is 0.749. The van der Waals surface area contributed by atoms with Gasteiger partial charge in [0, 0.05) is 32.8 Å². The molecule has 0 aromatic rings. The highest BCUT2D eigenvalue weighted by atomic mass is 32.2. The maximum Gasteiger partial charge on any atom is 0.282 e. The first-order valence-corrected chi connectivity index (χ1v) is 9.49. The second-order valence-electron chi connectivity index (χ2n) is 6.02. The lowest BCUT2D eigenvalue weighted by Gasteiger charge is -2.35. The third-order valence-electron chi connectivity index (χ3n) is 4.41. The van der Waals surface area contributed by atoms with Gasteiger partial charge in [-0.2, -0.15) is 17.0 Å². The minimum absolute atomic E-state index is 0.0672. The van der Waals surface area contributed by atoms with E-state index >= 15 is 0 Å². The Morgan fingerprint density at radius 1 is 1.33 bits per heavy atom. The number of hydrogen-bond donors (Lipinski definition) is 1. The molecule has 0 spiro atoms. The summed E-state index contributed by atoms with van der Waals surface area (Å²) in [6.07, 6.45) is 4.12. The first kappa shape index (κ1) is 17.1. The molecule has 2 heterocycles. The molecule has 0 amide bonds. The van der Waals surface area contributed by atoms with E-state index in [4.69, 9.17) is 4.74 Å². The molecule has 6 nitrogen and oxygen atoms in total. The Bertz CT molecular complexity index is 408. The van der Waals surface area contributed by atoms with Gasteiger partial charge in [0.2, 0.25) is 0 Å². The van der Waals surface area contributed by atoms with E-state index in [0.29, 0.717) is 32.1 Å². The third-order valence-corrected chi connectivity index (χ3v) is 6.46. The number of hydrogen-bond acceptors (Lipinski definition) is 4. The van der Waals surface area contributed by atoms with Crippen LogP contribution in [0.1, 0.15) is 32.6 Å². The standard InChI is InChI=1S/C14H29N3O3S/c1-3-16(12-14-7-5-9-20-14)21(18,19)17-8-4-6-13(11-17)10-15-2/h13-15H,3-12H2,1-2H3. The maximum absolute atomic E-state index is 12.8. The zero-order valence-electron chi connectivity index (χ0n) is 13.3. The van der Waals surface area contributed by atoms with Gasteiger partial charge >= 0.3 is 0 Å². The summed E-state index contributed by atoms with van der Waals surface area (Å²) in [7, 11) is -1.43. The molecule has 0 saturated carbocycles. The number of ether oxygens (including phenoxy) is 1. The Balaban J connectivity index is 1.99. The minimum Gasteiger partial charge on any atom is -0.377 e. The van der Waals surface area contributed by atoms with Gasteiger partial charge in [-0.05, 0) is 45.2 Å². The van der Waals surface area contributed by atoms with E-state index in [1.54, 1.807) is 8.61 Å². The summed E-state index contributed by atoms with van der Waals surface area (Å²) >= 11 is 0. The van der Waals surface area contributed by atoms with E-state index in [1.807, 2.05) is 14.0 Å². The number of likely N-dealkylation sites (N-methyl/N-ethyl adjacent to an activating group) is 1. The summed E-state index contributed by atoms with van der Waals surface area (Å²) in [6, 6.07) is 0. The number of rotatable bonds is 7. The molecule has 2 unspecified atom stereocenters. The average molecular weight is 319 g/mol. The van der Waals surface area contributed by atoms with Crippen LogP contribution in [0.3, 0.4) is 0 Å². The molecule has 2 saturated heterocycles. The van der Waals surface area contributed by atoms with Gasteiger partial charge in [-0.1, -0.05) is 6.92 Å². The van der Waals surface area contributed by atoms with Crippen molar-refractivity contribution in [2.75, 3.05) is 46.4 Å². The summed E-state index contributed by atoms with van der Waals surface area (Å²) < 4.78 is 34.5. The van der Waals surface area contributed by atoms with Gasteiger partial charge in [0.25, 0.3) is 10.2 Å². The Kier molecular flexibility index (Phi) is 6.43. The molecule has 2 fully saturated rings. The lowest BCUT2D eigenvalue weighted by atomic mass is 10.00. The number of nitrogens with zero attached hydrogens (tertiary/aromatic N) is 2. The lowest BCUT2D eigenvalue weighted by Crippen LogP contribution is -2.50. The van der Waals surface area contributed by atoms with E-state index in [-0.39, 0.29) is 6.10 Å². The molecule has 21 heavy (non-hydrogen) atoms. The minimum atomic E-state index is -3.35. The van der Waals surface area contributed by atoms with Crippen LogP contribution in [-0.2, 0) is 14.9 Å². The molecule has 124 valence electrons. The molecule has 0 radical (unpaired) electrons. The molecule has 0 aromatic heterocycles. The highest BCUT2D eigenvalue weighted by Crippen LogP contribution is 2.22. The van der Waals surface area contributed by atoms with E-state index in [0.717, 1.165) is 38.8 Å². The normalized spacial score (nSPS) is 28.3. The predicted octanol–water partition coefficient (Wildman–Crippen LogP) is 0.664. The van der Waals surface area contributed by atoms with Crippen LogP contribution < -0.4 is 5.32 Å². The van der Waals surface area contributed by atoms with Gasteiger partial charge in [-0.3, -0.25) is 0 Å². The SMILES string of the molecule is CCN(CC1CCCO1)S(=O)(=O)N1CCCC(CNC)C1. The second-order valence-corrected chi connectivity index (χ2v) is 7.95. The van der Waals surface area contributed by atoms with Crippen molar-refractivity contribution in [3.8, 4) is 0 Å². The van der Waals surface area contributed by atoms with Crippen LogP contribution in [0.5, 0.6) is 0 Å². The van der Waals surface area contributed by atoms with Crippen molar-refractivity contribution in [2.24, 2.45) is 5.92 Å². The zero-order chi connectivity index (χ0) is 15.3. The monoisotopic (exact) mass is 319 g/mol. The van der Waals surface area contributed by atoms with Crippen LogP contribution in [-0.4, -0.2) is 69.5 Å². The fourth-order valence-corrected chi connectivity index (χ4v) is 5.02. The zero-order valence-corrected chi connectivity index (χ0v) is 14.1.